The SMILES string of the molecule is CC(C)c1ccc(S(=O)(=O)/C=C/C(=O)O)cc1. The number of hydrogen-bond donors (Lipinski definition) is 1. The van der Waals surface area contributed by atoms with Gasteiger partial charge in [0, 0.05) is 11.5 Å². The van der Waals surface area contributed by atoms with Crippen molar-refractivity contribution in [3.63, 3.8) is 0 Å². The second-order valence-corrected chi connectivity index (χ2v) is 5.74. The van der Waals surface area contributed by atoms with Gasteiger partial charge in [-0.1, -0.05) is 26.0 Å². The van der Waals surface area contributed by atoms with Gasteiger partial charge in [-0.3, -0.25) is 0 Å². The Balaban J connectivity index is 3.05. The minimum absolute atomic E-state index is 0.0967. The Labute approximate surface area is 101 Å². The molecule has 5 heteroatoms. The lowest BCUT2D eigenvalue weighted by molar-refractivity contribution is -0.131. The first-order valence-corrected chi connectivity index (χ1v) is 6.63. The summed E-state index contributed by atoms with van der Waals surface area (Å²) in [5.41, 5.74) is 1.03. The van der Waals surface area contributed by atoms with Gasteiger partial charge in [-0.2, -0.15) is 0 Å². The summed E-state index contributed by atoms with van der Waals surface area (Å²) in [6.07, 6.45) is 0.617. The van der Waals surface area contributed by atoms with E-state index >= 15 is 0 Å². The molecule has 0 atom stereocenters. The maximum Gasteiger partial charge on any atom is 0.329 e. The summed E-state index contributed by atoms with van der Waals surface area (Å²) in [6, 6.07) is 6.42. The number of carbonyl (C=O) groups is 1. The van der Waals surface area contributed by atoms with Crippen LogP contribution >= 0.6 is 0 Å². The summed E-state index contributed by atoms with van der Waals surface area (Å²) >= 11 is 0. The summed E-state index contributed by atoms with van der Waals surface area (Å²) in [5.74, 6) is -0.964. The molecule has 1 N–H and O–H groups in total. The summed E-state index contributed by atoms with van der Waals surface area (Å²) in [7, 11) is -3.66. The maximum absolute atomic E-state index is 11.7. The molecule has 0 spiro atoms. The first-order chi connectivity index (χ1) is 7.83. The normalized spacial score (nSPS) is 12.2. The van der Waals surface area contributed by atoms with Crippen LogP contribution in [0.15, 0.2) is 40.6 Å². The zero-order valence-electron chi connectivity index (χ0n) is 9.62. The Kier molecular flexibility index (Phi) is 4.07. The van der Waals surface area contributed by atoms with Crippen molar-refractivity contribution < 1.29 is 18.3 Å². The van der Waals surface area contributed by atoms with Crippen molar-refractivity contribution in [2.24, 2.45) is 0 Å². The molecule has 0 fully saturated rings. The fourth-order valence-corrected chi connectivity index (χ4v) is 2.24. The van der Waals surface area contributed by atoms with Crippen molar-refractivity contribution in [2.75, 3.05) is 0 Å². The van der Waals surface area contributed by atoms with E-state index in [1.54, 1.807) is 12.1 Å². The number of benzene rings is 1. The van der Waals surface area contributed by atoms with E-state index in [-0.39, 0.29) is 4.90 Å². The van der Waals surface area contributed by atoms with Crippen LogP contribution in [0.25, 0.3) is 0 Å². The standard InChI is InChI=1S/C12H14O4S/c1-9(2)10-3-5-11(6-4-10)17(15,16)8-7-12(13)14/h3-9H,1-2H3,(H,13,14)/b8-7+. The molecule has 0 aliphatic carbocycles. The van der Waals surface area contributed by atoms with Crippen molar-refractivity contribution in [3.8, 4) is 0 Å². The molecule has 0 amide bonds. The van der Waals surface area contributed by atoms with Crippen LogP contribution in [0.1, 0.15) is 25.3 Å². The number of carboxylic acid groups (broad SMARTS) is 1. The predicted molar refractivity (Wildman–Crippen MR) is 64.5 cm³/mol. The summed E-state index contributed by atoms with van der Waals surface area (Å²) < 4.78 is 23.3. The lowest BCUT2D eigenvalue weighted by Crippen LogP contribution is -1.99. The Morgan fingerprint density at radius 3 is 2.18 bits per heavy atom. The second kappa shape index (κ2) is 5.14. The van der Waals surface area contributed by atoms with Gasteiger partial charge in [0.1, 0.15) is 0 Å². The number of carboxylic acids is 1. The third kappa shape index (κ3) is 3.71. The van der Waals surface area contributed by atoms with E-state index in [1.165, 1.54) is 12.1 Å². The summed E-state index contributed by atoms with van der Waals surface area (Å²) in [4.78, 5) is 10.4. The fraction of sp³-hybridized carbons (Fsp3) is 0.250. The van der Waals surface area contributed by atoms with Crippen LogP contribution in [0.3, 0.4) is 0 Å². The van der Waals surface area contributed by atoms with Crippen LogP contribution in [0.2, 0.25) is 0 Å². The third-order valence-electron chi connectivity index (χ3n) is 2.27. The summed E-state index contributed by atoms with van der Waals surface area (Å²) in [6.45, 7) is 4.02. The minimum atomic E-state index is -3.66. The number of hydrogen-bond acceptors (Lipinski definition) is 3. The Morgan fingerprint density at radius 2 is 1.76 bits per heavy atom. The molecule has 0 aliphatic heterocycles. The first-order valence-electron chi connectivity index (χ1n) is 5.09. The van der Waals surface area contributed by atoms with E-state index in [2.05, 4.69) is 0 Å². The van der Waals surface area contributed by atoms with Crippen LogP contribution in [0, 0.1) is 0 Å². The zero-order valence-corrected chi connectivity index (χ0v) is 10.4. The van der Waals surface area contributed by atoms with Crippen molar-refractivity contribution in [1.82, 2.24) is 0 Å². The Hall–Kier alpha value is -1.62. The lowest BCUT2D eigenvalue weighted by atomic mass is 10.0. The van der Waals surface area contributed by atoms with Crippen LogP contribution in [0.4, 0.5) is 0 Å². The van der Waals surface area contributed by atoms with E-state index in [4.69, 9.17) is 5.11 Å². The average molecular weight is 254 g/mol. The minimum Gasteiger partial charge on any atom is -0.478 e. The van der Waals surface area contributed by atoms with E-state index in [1.807, 2.05) is 13.8 Å². The molecule has 0 saturated carbocycles. The van der Waals surface area contributed by atoms with E-state index in [9.17, 15) is 13.2 Å². The van der Waals surface area contributed by atoms with Crippen LogP contribution in [-0.4, -0.2) is 19.5 Å². The molecular formula is C12H14O4S. The van der Waals surface area contributed by atoms with Gasteiger partial charge in [0.15, 0.2) is 9.84 Å². The van der Waals surface area contributed by atoms with Gasteiger partial charge in [0.25, 0.3) is 0 Å². The highest BCUT2D eigenvalue weighted by molar-refractivity contribution is 7.94. The molecule has 1 rings (SSSR count). The molecule has 0 unspecified atom stereocenters. The lowest BCUT2D eigenvalue weighted by Gasteiger charge is -2.05. The van der Waals surface area contributed by atoms with E-state index in [0.29, 0.717) is 17.4 Å². The first kappa shape index (κ1) is 13.4. The highest BCUT2D eigenvalue weighted by atomic mass is 32.2. The quantitative estimate of drug-likeness (QED) is 0.836. The molecule has 0 saturated heterocycles. The average Bonchev–Trinajstić information content (AvgIpc) is 2.27. The van der Waals surface area contributed by atoms with Crippen LogP contribution in [0.5, 0.6) is 0 Å². The number of sulfone groups is 1. The van der Waals surface area contributed by atoms with E-state index < -0.39 is 15.8 Å². The van der Waals surface area contributed by atoms with Crippen molar-refractivity contribution >= 4 is 15.8 Å². The molecule has 1 aromatic rings. The zero-order chi connectivity index (χ0) is 13.1. The van der Waals surface area contributed by atoms with Crippen molar-refractivity contribution in [3.05, 3.63) is 41.3 Å². The molecule has 0 heterocycles. The fourth-order valence-electron chi connectivity index (χ4n) is 1.27. The monoisotopic (exact) mass is 254 g/mol. The van der Waals surface area contributed by atoms with Gasteiger partial charge in [-0.25, -0.2) is 13.2 Å². The van der Waals surface area contributed by atoms with Gasteiger partial charge in [-0.05, 0) is 23.6 Å². The Morgan fingerprint density at radius 1 is 1.24 bits per heavy atom. The van der Waals surface area contributed by atoms with Crippen LogP contribution in [-0.2, 0) is 14.6 Å². The van der Waals surface area contributed by atoms with Gasteiger partial charge >= 0.3 is 5.97 Å². The van der Waals surface area contributed by atoms with Gasteiger partial charge in [-0.15, -0.1) is 0 Å². The molecule has 0 bridgehead atoms. The molecule has 92 valence electrons. The molecular weight excluding hydrogens is 240 g/mol. The van der Waals surface area contributed by atoms with Crippen molar-refractivity contribution in [1.29, 1.82) is 0 Å². The molecule has 1 aromatic carbocycles. The Bertz CT molecular complexity index is 524. The molecule has 0 radical (unpaired) electrons. The molecule has 4 nitrogen and oxygen atoms in total. The number of aliphatic carboxylic acids is 1. The van der Waals surface area contributed by atoms with Gasteiger partial charge < -0.3 is 5.11 Å². The highest BCUT2D eigenvalue weighted by Crippen LogP contribution is 2.18. The maximum atomic E-state index is 11.7. The predicted octanol–water partition coefficient (Wildman–Crippen LogP) is 2.18. The summed E-state index contributed by atoms with van der Waals surface area (Å²) in [5, 5.41) is 9.08. The second-order valence-electron chi connectivity index (χ2n) is 3.91. The van der Waals surface area contributed by atoms with Gasteiger partial charge in [0.05, 0.1) is 4.90 Å². The molecule has 17 heavy (non-hydrogen) atoms. The van der Waals surface area contributed by atoms with E-state index in [0.717, 1.165) is 5.56 Å². The largest absolute Gasteiger partial charge is 0.478 e. The molecule has 0 aromatic heterocycles. The molecule has 0 aliphatic rings. The topological polar surface area (TPSA) is 71.4 Å². The van der Waals surface area contributed by atoms with Crippen molar-refractivity contribution in [2.45, 2.75) is 24.7 Å². The number of rotatable bonds is 4. The van der Waals surface area contributed by atoms with Crippen LogP contribution < -0.4 is 0 Å². The highest BCUT2D eigenvalue weighted by Gasteiger charge is 2.11. The third-order valence-corrected chi connectivity index (χ3v) is 3.69. The van der Waals surface area contributed by atoms with Gasteiger partial charge in [0.2, 0.25) is 0 Å². The smallest absolute Gasteiger partial charge is 0.329 e.